The molecule has 1 unspecified atom stereocenters. The van der Waals surface area contributed by atoms with E-state index in [2.05, 4.69) is 15.5 Å². The maximum absolute atomic E-state index is 12.2. The average Bonchev–Trinajstić information content (AvgIpc) is 3.09. The first-order valence-electron chi connectivity index (χ1n) is 8.14. The number of benzene rings is 2. The highest BCUT2D eigenvalue weighted by atomic mass is 35.5. The molecule has 3 rings (SSSR count). The number of carbonyl (C=O) groups excluding carboxylic acids is 1. The lowest BCUT2D eigenvalue weighted by Crippen LogP contribution is -2.26. The Morgan fingerprint density at radius 3 is 2.65 bits per heavy atom. The van der Waals surface area contributed by atoms with Gasteiger partial charge in [0.2, 0.25) is 17.6 Å². The van der Waals surface area contributed by atoms with E-state index < -0.39 is 0 Å². The van der Waals surface area contributed by atoms with Crippen LogP contribution in [0.15, 0.2) is 53.1 Å². The SMILES string of the molecule is CC(NC(=O)CCc1nc(-c2ccc(Cl)cc2)no1)c1cccc(Cl)c1. The van der Waals surface area contributed by atoms with Gasteiger partial charge in [-0.05, 0) is 48.9 Å². The molecule has 1 aromatic heterocycles. The summed E-state index contributed by atoms with van der Waals surface area (Å²) in [6, 6.07) is 14.4. The number of amides is 1. The Bertz CT molecular complexity index is 894. The van der Waals surface area contributed by atoms with Gasteiger partial charge in [-0.15, -0.1) is 0 Å². The van der Waals surface area contributed by atoms with Crippen LogP contribution < -0.4 is 5.32 Å². The lowest BCUT2D eigenvalue weighted by Gasteiger charge is -2.14. The van der Waals surface area contributed by atoms with Gasteiger partial charge in [0, 0.05) is 28.5 Å². The van der Waals surface area contributed by atoms with E-state index in [4.69, 9.17) is 27.7 Å². The van der Waals surface area contributed by atoms with Crippen LogP contribution in [0.5, 0.6) is 0 Å². The van der Waals surface area contributed by atoms with E-state index in [-0.39, 0.29) is 18.4 Å². The number of nitrogens with zero attached hydrogens (tertiary/aromatic N) is 2. The van der Waals surface area contributed by atoms with Crippen LogP contribution in [0.1, 0.15) is 30.8 Å². The zero-order valence-electron chi connectivity index (χ0n) is 14.1. The molecular weight excluding hydrogens is 373 g/mol. The van der Waals surface area contributed by atoms with Gasteiger partial charge < -0.3 is 9.84 Å². The van der Waals surface area contributed by atoms with Crippen molar-refractivity contribution in [3.05, 3.63) is 70.0 Å². The standard InChI is InChI=1S/C19H17Cl2N3O2/c1-12(14-3-2-4-16(21)11-14)22-17(25)9-10-18-23-19(24-26-18)13-5-7-15(20)8-6-13/h2-8,11-12H,9-10H2,1H3,(H,22,25). The van der Waals surface area contributed by atoms with Crippen LogP contribution in [-0.4, -0.2) is 16.0 Å². The van der Waals surface area contributed by atoms with Gasteiger partial charge in [-0.2, -0.15) is 4.98 Å². The number of hydrogen-bond acceptors (Lipinski definition) is 4. The van der Waals surface area contributed by atoms with Crippen molar-refractivity contribution in [2.45, 2.75) is 25.8 Å². The second kappa shape index (κ2) is 8.34. The minimum absolute atomic E-state index is 0.0938. The molecule has 26 heavy (non-hydrogen) atoms. The molecule has 0 saturated carbocycles. The molecule has 1 heterocycles. The normalized spacial score (nSPS) is 12.0. The van der Waals surface area contributed by atoms with Gasteiger partial charge >= 0.3 is 0 Å². The smallest absolute Gasteiger partial charge is 0.227 e. The maximum atomic E-state index is 12.2. The molecule has 0 fully saturated rings. The van der Waals surface area contributed by atoms with Gasteiger partial charge in [-0.1, -0.05) is 40.5 Å². The summed E-state index contributed by atoms with van der Waals surface area (Å²) < 4.78 is 5.21. The van der Waals surface area contributed by atoms with Crippen LogP contribution in [-0.2, 0) is 11.2 Å². The van der Waals surface area contributed by atoms with Crippen LogP contribution >= 0.6 is 23.2 Å². The number of hydrogen-bond donors (Lipinski definition) is 1. The second-order valence-corrected chi connectivity index (χ2v) is 6.74. The Balaban J connectivity index is 1.54. The van der Waals surface area contributed by atoms with E-state index in [9.17, 15) is 4.79 Å². The van der Waals surface area contributed by atoms with Gasteiger partial charge in [-0.25, -0.2) is 0 Å². The zero-order chi connectivity index (χ0) is 18.5. The molecule has 1 amide bonds. The van der Waals surface area contributed by atoms with Crippen molar-refractivity contribution < 1.29 is 9.32 Å². The molecule has 134 valence electrons. The van der Waals surface area contributed by atoms with Crippen LogP contribution in [0.3, 0.4) is 0 Å². The predicted molar refractivity (Wildman–Crippen MR) is 101 cm³/mol. The van der Waals surface area contributed by atoms with Crippen molar-refractivity contribution in [2.75, 3.05) is 0 Å². The van der Waals surface area contributed by atoms with Crippen LogP contribution in [0.4, 0.5) is 0 Å². The van der Waals surface area contributed by atoms with Gasteiger partial charge in [0.05, 0.1) is 6.04 Å². The molecule has 2 aromatic carbocycles. The monoisotopic (exact) mass is 389 g/mol. The number of nitrogens with one attached hydrogen (secondary N) is 1. The van der Waals surface area contributed by atoms with Crippen molar-refractivity contribution in [1.82, 2.24) is 15.5 Å². The number of aromatic nitrogens is 2. The van der Waals surface area contributed by atoms with E-state index in [1.54, 1.807) is 18.2 Å². The highest BCUT2D eigenvalue weighted by Crippen LogP contribution is 2.20. The van der Waals surface area contributed by atoms with Crippen LogP contribution in [0.2, 0.25) is 10.0 Å². The third-order valence-electron chi connectivity index (χ3n) is 3.86. The van der Waals surface area contributed by atoms with Crippen molar-refractivity contribution >= 4 is 29.1 Å². The summed E-state index contributed by atoms with van der Waals surface area (Å²) in [7, 11) is 0. The van der Waals surface area contributed by atoms with Crippen LogP contribution in [0.25, 0.3) is 11.4 Å². The second-order valence-electron chi connectivity index (χ2n) is 5.86. The number of aryl methyl sites for hydroxylation is 1. The van der Waals surface area contributed by atoms with Crippen molar-refractivity contribution in [1.29, 1.82) is 0 Å². The Labute approximate surface area is 161 Å². The largest absolute Gasteiger partial charge is 0.350 e. The molecule has 1 N–H and O–H groups in total. The number of carbonyl (C=O) groups is 1. The summed E-state index contributed by atoms with van der Waals surface area (Å²) in [5, 5.41) is 8.16. The molecular formula is C19H17Cl2N3O2. The molecule has 0 spiro atoms. The van der Waals surface area contributed by atoms with Gasteiger partial charge in [0.15, 0.2) is 0 Å². The van der Waals surface area contributed by atoms with Crippen molar-refractivity contribution in [3.8, 4) is 11.4 Å². The molecule has 0 aliphatic rings. The quantitative estimate of drug-likeness (QED) is 0.653. The lowest BCUT2D eigenvalue weighted by atomic mass is 10.1. The number of halogens is 2. The van der Waals surface area contributed by atoms with Crippen LogP contribution in [0, 0.1) is 0 Å². The van der Waals surface area contributed by atoms with E-state index in [1.165, 1.54) is 0 Å². The van der Waals surface area contributed by atoms with E-state index in [0.29, 0.717) is 28.2 Å². The Kier molecular flexibility index (Phi) is 5.91. The zero-order valence-corrected chi connectivity index (χ0v) is 15.6. The topological polar surface area (TPSA) is 68.0 Å². The van der Waals surface area contributed by atoms with Gasteiger partial charge in [-0.3, -0.25) is 4.79 Å². The molecule has 0 aliphatic heterocycles. The minimum atomic E-state index is -0.131. The first-order chi connectivity index (χ1) is 12.5. The highest BCUT2D eigenvalue weighted by Gasteiger charge is 2.13. The summed E-state index contributed by atoms with van der Waals surface area (Å²) in [4.78, 5) is 16.5. The van der Waals surface area contributed by atoms with E-state index in [0.717, 1.165) is 11.1 Å². The Hall–Kier alpha value is -2.37. The van der Waals surface area contributed by atoms with E-state index in [1.807, 2.05) is 37.3 Å². The average molecular weight is 390 g/mol. The molecule has 3 aromatic rings. The van der Waals surface area contributed by atoms with Gasteiger partial charge in [0.1, 0.15) is 0 Å². The fourth-order valence-electron chi connectivity index (χ4n) is 2.47. The van der Waals surface area contributed by atoms with Crippen molar-refractivity contribution in [3.63, 3.8) is 0 Å². The number of rotatable bonds is 6. The van der Waals surface area contributed by atoms with E-state index >= 15 is 0 Å². The molecule has 5 nitrogen and oxygen atoms in total. The fourth-order valence-corrected chi connectivity index (χ4v) is 2.79. The predicted octanol–water partition coefficient (Wildman–Crippen LogP) is 4.85. The molecule has 0 bridgehead atoms. The maximum Gasteiger partial charge on any atom is 0.227 e. The minimum Gasteiger partial charge on any atom is -0.350 e. The summed E-state index contributed by atoms with van der Waals surface area (Å²) in [6.45, 7) is 1.91. The third-order valence-corrected chi connectivity index (χ3v) is 4.35. The summed E-state index contributed by atoms with van der Waals surface area (Å²) in [5.41, 5.74) is 1.76. The lowest BCUT2D eigenvalue weighted by molar-refractivity contribution is -0.121. The highest BCUT2D eigenvalue weighted by molar-refractivity contribution is 6.30. The first kappa shape index (κ1) is 18.4. The summed E-state index contributed by atoms with van der Waals surface area (Å²) in [5.74, 6) is 0.800. The molecule has 0 saturated heterocycles. The Morgan fingerprint density at radius 1 is 1.15 bits per heavy atom. The fraction of sp³-hybridized carbons (Fsp3) is 0.211. The molecule has 0 radical (unpaired) electrons. The Morgan fingerprint density at radius 2 is 1.92 bits per heavy atom. The third kappa shape index (κ3) is 4.84. The first-order valence-corrected chi connectivity index (χ1v) is 8.90. The summed E-state index contributed by atoms with van der Waals surface area (Å²) >= 11 is 11.8. The summed E-state index contributed by atoms with van der Waals surface area (Å²) in [6.07, 6.45) is 0.627. The van der Waals surface area contributed by atoms with Gasteiger partial charge in [0.25, 0.3) is 0 Å². The molecule has 0 aliphatic carbocycles. The molecule has 7 heteroatoms. The van der Waals surface area contributed by atoms with Crippen molar-refractivity contribution in [2.24, 2.45) is 0 Å². The molecule has 1 atom stereocenters.